The SMILES string of the molecule is CCCCc1noc(CSC[C@H](N)C(=O)O)n1. The Morgan fingerprint density at radius 3 is 3.06 bits per heavy atom. The number of hydrogen-bond donors (Lipinski definition) is 2. The normalized spacial score (nSPS) is 12.6. The molecule has 6 nitrogen and oxygen atoms in total. The highest BCUT2D eigenvalue weighted by Crippen LogP contribution is 2.12. The van der Waals surface area contributed by atoms with Gasteiger partial charge in [0.05, 0.1) is 5.75 Å². The first-order valence-electron chi connectivity index (χ1n) is 5.51. The van der Waals surface area contributed by atoms with Gasteiger partial charge in [-0.2, -0.15) is 4.98 Å². The molecule has 3 N–H and O–H groups in total. The summed E-state index contributed by atoms with van der Waals surface area (Å²) < 4.78 is 5.03. The Morgan fingerprint density at radius 1 is 1.65 bits per heavy atom. The van der Waals surface area contributed by atoms with Crippen LogP contribution in [0.3, 0.4) is 0 Å². The minimum atomic E-state index is -0.994. The van der Waals surface area contributed by atoms with Crippen LogP contribution in [0.2, 0.25) is 0 Å². The topological polar surface area (TPSA) is 102 Å². The number of carboxylic acid groups (broad SMARTS) is 1. The summed E-state index contributed by atoms with van der Waals surface area (Å²) >= 11 is 1.38. The number of carboxylic acids is 1. The fourth-order valence-corrected chi connectivity index (χ4v) is 1.94. The highest BCUT2D eigenvalue weighted by molar-refractivity contribution is 7.98. The lowest BCUT2D eigenvalue weighted by molar-refractivity contribution is -0.137. The van der Waals surface area contributed by atoms with Crippen LogP contribution in [-0.4, -0.2) is 33.0 Å². The average molecular weight is 259 g/mol. The lowest BCUT2D eigenvalue weighted by Crippen LogP contribution is -2.32. The minimum absolute atomic E-state index is 0.335. The second kappa shape index (κ2) is 7.29. The number of aliphatic carboxylic acids is 1. The van der Waals surface area contributed by atoms with Crippen molar-refractivity contribution in [3.05, 3.63) is 11.7 Å². The summed E-state index contributed by atoms with van der Waals surface area (Å²) in [5.41, 5.74) is 5.36. The van der Waals surface area contributed by atoms with Crippen LogP contribution >= 0.6 is 11.8 Å². The minimum Gasteiger partial charge on any atom is -0.480 e. The van der Waals surface area contributed by atoms with Crippen molar-refractivity contribution in [3.63, 3.8) is 0 Å². The molecule has 0 radical (unpaired) electrons. The maximum Gasteiger partial charge on any atom is 0.321 e. The molecule has 1 atom stereocenters. The van der Waals surface area contributed by atoms with Gasteiger partial charge in [0.2, 0.25) is 5.89 Å². The zero-order valence-corrected chi connectivity index (χ0v) is 10.6. The molecule has 0 aliphatic rings. The molecule has 0 aliphatic heterocycles. The van der Waals surface area contributed by atoms with Crippen molar-refractivity contribution in [2.45, 2.75) is 38.0 Å². The Balaban J connectivity index is 2.27. The van der Waals surface area contributed by atoms with Crippen molar-refractivity contribution < 1.29 is 14.4 Å². The molecule has 0 aliphatic carbocycles. The number of rotatable bonds is 8. The van der Waals surface area contributed by atoms with E-state index in [0.717, 1.165) is 19.3 Å². The van der Waals surface area contributed by atoms with Crippen LogP contribution in [-0.2, 0) is 17.0 Å². The molecule has 0 aromatic carbocycles. The van der Waals surface area contributed by atoms with E-state index in [1.54, 1.807) is 0 Å². The molecule has 96 valence electrons. The van der Waals surface area contributed by atoms with E-state index in [1.165, 1.54) is 11.8 Å². The average Bonchev–Trinajstić information content (AvgIpc) is 2.74. The fourth-order valence-electron chi connectivity index (χ4n) is 1.13. The summed E-state index contributed by atoms with van der Waals surface area (Å²) in [6.45, 7) is 2.10. The molecule has 0 saturated carbocycles. The molecule has 1 rings (SSSR count). The maximum atomic E-state index is 10.5. The van der Waals surface area contributed by atoms with Crippen LogP contribution in [0.25, 0.3) is 0 Å². The van der Waals surface area contributed by atoms with E-state index in [0.29, 0.717) is 23.2 Å². The van der Waals surface area contributed by atoms with E-state index in [2.05, 4.69) is 17.1 Å². The van der Waals surface area contributed by atoms with Crippen molar-refractivity contribution in [2.24, 2.45) is 5.73 Å². The quantitative estimate of drug-likeness (QED) is 0.719. The van der Waals surface area contributed by atoms with Gasteiger partial charge in [-0.1, -0.05) is 18.5 Å². The Kier molecular flexibility index (Phi) is 5.99. The van der Waals surface area contributed by atoms with Gasteiger partial charge in [0.15, 0.2) is 5.82 Å². The second-order valence-corrected chi connectivity index (χ2v) is 4.70. The smallest absolute Gasteiger partial charge is 0.321 e. The number of nitrogens with zero attached hydrogens (tertiary/aromatic N) is 2. The molecule has 0 unspecified atom stereocenters. The standard InChI is InChI=1S/C10H17N3O3S/c1-2-3-4-8-12-9(16-13-8)6-17-5-7(11)10(14)15/h7H,2-6,11H2,1H3,(H,14,15)/t7-/m0/s1. The van der Waals surface area contributed by atoms with Crippen LogP contribution in [0.15, 0.2) is 4.52 Å². The lowest BCUT2D eigenvalue weighted by Gasteiger charge is -2.03. The lowest BCUT2D eigenvalue weighted by atomic mass is 10.2. The number of aromatic nitrogens is 2. The molecular formula is C10H17N3O3S. The molecule has 0 spiro atoms. The van der Waals surface area contributed by atoms with E-state index in [9.17, 15) is 4.79 Å². The third kappa shape index (κ3) is 5.18. The van der Waals surface area contributed by atoms with Crippen LogP contribution in [0, 0.1) is 0 Å². The van der Waals surface area contributed by atoms with Gasteiger partial charge in [-0.3, -0.25) is 4.79 Å². The van der Waals surface area contributed by atoms with Gasteiger partial charge in [-0.25, -0.2) is 0 Å². The summed E-state index contributed by atoms with van der Waals surface area (Å²) in [6, 6.07) is -0.845. The van der Waals surface area contributed by atoms with Gasteiger partial charge in [0, 0.05) is 12.2 Å². The van der Waals surface area contributed by atoms with E-state index >= 15 is 0 Å². The number of nitrogens with two attached hydrogens (primary N) is 1. The number of thioether (sulfide) groups is 1. The summed E-state index contributed by atoms with van der Waals surface area (Å²) in [5, 5.41) is 12.4. The van der Waals surface area contributed by atoms with Crippen LogP contribution in [0.4, 0.5) is 0 Å². The third-order valence-corrected chi connectivity index (χ3v) is 3.15. The van der Waals surface area contributed by atoms with Crippen molar-refractivity contribution in [3.8, 4) is 0 Å². The molecule has 0 fully saturated rings. The highest BCUT2D eigenvalue weighted by atomic mass is 32.2. The fraction of sp³-hybridized carbons (Fsp3) is 0.700. The number of aryl methyl sites for hydroxylation is 1. The number of unbranched alkanes of at least 4 members (excludes halogenated alkanes) is 1. The van der Waals surface area contributed by atoms with E-state index in [4.69, 9.17) is 15.4 Å². The molecule has 17 heavy (non-hydrogen) atoms. The molecule has 1 aromatic heterocycles. The van der Waals surface area contributed by atoms with Crippen LogP contribution < -0.4 is 5.73 Å². The van der Waals surface area contributed by atoms with E-state index in [-0.39, 0.29) is 0 Å². The first kappa shape index (κ1) is 14.0. The molecule has 0 amide bonds. The van der Waals surface area contributed by atoms with Gasteiger partial charge in [-0.15, -0.1) is 11.8 Å². The third-order valence-electron chi connectivity index (χ3n) is 2.10. The molecule has 7 heteroatoms. The molecular weight excluding hydrogens is 242 g/mol. The van der Waals surface area contributed by atoms with Gasteiger partial charge in [0.25, 0.3) is 0 Å². The Morgan fingerprint density at radius 2 is 2.41 bits per heavy atom. The predicted molar refractivity (Wildman–Crippen MR) is 64.7 cm³/mol. The van der Waals surface area contributed by atoms with Crippen LogP contribution in [0.1, 0.15) is 31.5 Å². The summed E-state index contributed by atoms with van der Waals surface area (Å²) in [4.78, 5) is 14.7. The van der Waals surface area contributed by atoms with Crippen molar-refractivity contribution in [2.75, 3.05) is 5.75 Å². The molecule has 1 heterocycles. The number of carbonyl (C=O) groups is 1. The summed E-state index contributed by atoms with van der Waals surface area (Å²) in [5.74, 6) is 1.08. The highest BCUT2D eigenvalue weighted by Gasteiger charge is 2.12. The second-order valence-electron chi connectivity index (χ2n) is 3.67. The zero-order valence-electron chi connectivity index (χ0n) is 9.76. The summed E-state index contributed by atoms with van der Waals surface area (Å²) in [6.07, 6.45) is 2.95. The van der Waals surface area contributed by atoms with Gasteiger partial charge in [-0.05, 0) is 6.42 Å². The Bertz CT molecular complexity index is 356. The summed E-state index contributed by atoms with van der Waals surface area (Å²) in [7, 11) is 0. The van der Waals surface area contributed by atoms with Gasteiger partial charge in [0.1, 0.15) is 6.04 Å². The van der Waals surface area contributed by atoms with Gasteiger partial charge >= 0.3 is 5.97 Å². The van der Waals surface area contributed by atoms with E-state index < -0.39 is 12.0 Å². The first-order valence-corrected chi connectivity index (χ1v) is 6.66. The predicted octanol–water partition coefficient (Wildman–Crippen LogP) is 1.06. The van der Waals surface area contributed by atoms with Crippen molar-refractivity contribution >= 4 is 17.7 Å². The largest absolute Gasteiger partial charge is 0.480 e. The van der Waals surface area contributed by atoms with Crippen LogP contribution in [0.5, 0.6) is 0 Å². The monoisotopic (exact) mass is 259 g/mol. The maximum absolute atomic E-state index is 10.5. The molecule has 0 saturated heterocycles. The first-order chi connectivity index (χ1) is 8.13. The number of hydrogen-bond acceptors (Lipinski definition) is 6. The zero-order chi connectivity index (χ0) is 12.7. The molecule has 1 aromatic rings. The van der Waals surface area contributed by atoms with Crippen molar-refractivity contribution in [1.82, 2.24) is 10.1 Å². The molecule has 0 bridgehead atoms. The van der Waals surface area contributed by atoms with Gasteiger partial charge < -0.3 is 15.4 Å². The van der Waals surface area contributed by atoms with E-state index in [1.807, 2.05) is 0 Å². The van der Waals surface area contributed by atoms with Crippen molar-refractivity contribution in [1.29, 1.82) is 0 Å². The Hall–Kier alpha value is -1.08. The Labute approximate surface area is 104 Å².